The van der Waals surface area contributed by atoms with Gasteiger partial charge in [0.15, 0.2) is 5.78 Å². The number of ketones is 1. The number of nitrogens with two attached hydrogens (primary N) is 1. The number of aromatic nitrogens is 2. The molecule has 8 amide bonds. The van der Waals surface area contributed by atoms with Gasteiger partial charge in [0.2, 0.25) is 29.5 Å². The van der Waals surface area contributed by atoms with Gasteiger partial charge in [-0.15, -0.1) is 6.58 Å². The molecular formula is C54H65N11O8. The first-order valence-corrected chi connectivity index (χ1v) is 24.4. The number of para-hydroxylation sites is 2. The lowest BCUT2D eigenvalue weighted by atomic mass is 9.89. The van der Waals surface area contributed by atoms with Crippen LogP contribution in [0.2, 0.25) is 0 Å². The Kier molecular flexibility index (Phi) is 19.5. The second-order valence-corrected chi connectivity index (χ2v) is 18.3. The Labute approximate surface area is 424 Å². The number of hydrogen-bond acceptors (Lipinski definition) is 9. The molecule has 6 atom stereocenters. The monoisotopic (exact) mass is 996 g/mol. The SMILES string of the molecule is C=CCN1CC#CCN(NC(=O)[C@H](C)NC(C)=O)C(=O)N[C@H](Cc2c[nH]c3ccccc23)C(=O)N[C@@H](C)C(=O)N[C@@H](Cc2c[nH]c3ccccc23)C(=O)C[C@H](Cc2ccccc2)C(=O)N[C@H](C(N)=O)CCCC1. The quantitative estimate of drug-likeness (QED) is 0.0656. The molecule has 10 N–H and O–H groups in total. The Bertz CT molecular complexity index is 2850. The number of nitrogens with zero attached hydrogens (tertiary/aromatic N) is 2. The van der Waals surface area contributed by atoms with Gasteiger partial charge in [0.25, 0.3) is 5.91 Å². The minimum absolute atomic E-state index is 0.0198. The van der Waals surface area contributed by atoms with Crippen molar-refractivity contribution in [2.24, 2.45) is 11.7 Å². The lowest BCUT2D eigenvalue weighted by Crippen LogP contribution is -2.60. The van der Waals surface area contributed by atoms with Crippen LogP contribution in [0, 0.1) is 17.8 Å². The summed E-state index contributed by atoms with van der Waals surface area (Å²) < 4.78 is 0. The predicted molar refractivity (Wildman–Crippen MR) is 277 cm³/mol. The van der Waals surface area contributed by atoms with Gasteiger partial charge in [0.05, 0.1) is 12.6 Å². The number of hydrogen-bond donors (Lipinski definition) is 9. The zero-order valence-corrected chi connectivity index (χ0v) is 41.4. The van der Waals surface area contributed by atoms with Crippen molar-refractivity contribution < 1.29 is 38.4 Å². The minimum atomic E-state index is -1.34. The topological polar surface area (TPSA) is 273 Å². The third-order valence-electron chi connectivity index (χ3n) is 12.6. The number of fused-ring (bicyclic) bond motifs is 2. The third kappa shape index (κ3) is 15.6. The highest BCUT2D eigenvalue weighted by Crippen LogP contribution is 2.23. The number of H-pyrrole nitrogens is 2. The summed E-state index contributed by atoms with van der Waals surface area (Å²) in [5.41, 5.74) is 12.1. The highest BCUT2D eigenvalue weighted by molar-refractivity contribution is 5.97. The first kappa shape index (κ1) is 54.1. The fourth-order valence-electron chi connectivity index (χ4n) is 8.68. The van der Waals surface area contributed by atoms with E-state index in [1.807, 2.05) is 83.8 Å². The van der Waals surface area contributed by atoms with Crippen LogP contribution in [-0.2, 0) is 52.8 Å². The van der Waals surface area contributed by atoms with E-state index in [2.05, 4.69) is 60.4 Å². The number of nitrogens with one attached hydrogen (secondary N) is 8. The molecule has 3 aromatic carbocycles. The van der Waals surface area contributed by atoms with Gasteiger partial charge in [0.1, 0.15) is 30.7 Å². The Morgan fingerprint density at radius 3 is 2.01 bits per heavy atom. The molecule has 0 saturated heterocycles. The predicted octanol–water partition coefficient (Wildman–Crippen LogP) is 2.82. The van der Waals surface area contributed by atoms with Crippen LogP contribution in [0.15, 0.2) is 104 Å². The summed E-state index contributed by atoms with van der Waals surface area (Å²) in [7, 11) is 0. The number of aromatic amines is 2. The van der Waals surface area contributed by atoms with E-state index in [1.54, 1.807) is 18.5 Å². The molecule has 19 nitrogen and oxygen atoms in total. The molecule has 0 saturated carbocycles. The van der Waals surface area contributed by atoms with Crippen molar-refractivity contribution in [1.29, 1.82) is 0 Å². The molecule has 384 valence electrons. The first-order valence-electron chi connectivity index (χ1n) is 24.4. The van der Waals surface area contributed by atoms with Crippen LogP contribution >= 0.6 is 0 Å². The zero-order chi connectivity index (χ0) is 52.4. The molecule has 2 aromatic heterocycles. The minimum Gasteiger partial charge on any atom is -0.368 e. The van der Waals surface area contributed by atoms with Gasteiger partial charge in [-0.05, 0) is 74.9 Å². The van der Waals surface area contributed by atoms with E-state index in [1.165, 1.54) is 20.8 Å². The van der Waals surface area contributed by atoms with E-state index >= 15 is 0 Å². The highest BCUT2D eigenvalue weighted by Gasteiger charge is 2.33. The summed E-state index contributed by atoms with van der Waals surface area (Å²) in [6.07, 6.45) is 6.20. The van der Waals surface area contributed by atoms with Crippen molar-refractivity contribution in [3.63, 3.8) is 0 Å². The maximum atomic E-state index is 14.7. The van der Waals surface area contributed by atoms with Crippen LogP contribution in [0.1, 0.15) is 63.1 Å². The molecular weight excluding hydrogens is 931 g/mol. The zero-order valence-electron chi connectivity index (χ0n) is 41.4. The fraction of sp³-hybridized carbons (Fsp3) is 0.370. The molecule has 3 heterocycles. The maximum Gasteiger partial charge on any atom is 0.337 e. The van der Waals surface area contributed by atoms with Crippen LogP contribution < -0.4 is 37.7 Å². The molecule has 6 rings (SSSR count). The molecule has 0 spiro atoms. The largest absolute Gasteiger partial charge is 0.368 e. The van der Waals surface area contributed by atoms with Crippen LogP contribution in [0.4, 0.5) is 4.79 Å². The van der Waals surface area contributed by atoms with E-state index in [9.17, 15) is 38.4 Å². The summed E-state index contributed by atoms with van der Waals surface area (Å²) >= 11 is 0. The van der Waals surface area contributed by atoms with E-state index in [0.29, 0.717) is 37.1 Å². The molecule has 0 fully saturated rings. The molecule has 0 unspecified atom stereocenters. The molecule has 73 heavy (non-hydrogen) atoms. The maximum absolute atomic E-state index is 14.7. The molecule has 0 radical (unpaired) electrons. The first-order chi connectivity index (χ1) is 35.1. The van der Waals surface area contributed by atoms with Crippen molar-refractivity contribution in [1.82, 2.24) is 51.9 Å². The van der Waals surface area contributed by atoms with Gasteiger partial charge in [-0.25, -0.2) is 9.80 Å². The summed E-state index contributed by atoms with van der Waals surface area (Å²) in [5.74, 6) is 0.525. The van der Waals surface area contributed by atoms with Gasteiger partial charge < -0.3 is 42.3 Å². The van der Waals surface area contributed by atoms with Crippen molar-refractivity contribution in [3.8, 4) is 11.8 Å². The van der Waals surface area contributed by atoms with Crippen molar-refractivity contribution in [3.05, 3.63) is 121 Å². The summed E-state index contributed by atoms with van der Waals surface area (Å²) in [4.78, 5) is 119. The summed E-state index contributed by atoms with van der Waals surface area (Å²) in [5, 5.41) is 16.1. The number of rotatable bonds is 12. The second-order valence-electron chi connectivity index (χ2n) is 18.3. The standard InChI is InChI=1S/C54H65N11O8/c1-5-24-64-25-14-13-23-45(49(55)68)60-52(71)38(28-37-17-7-6-8-18-37)31-48(67)46(29-39-32-56-43-21-11-9-19-41(39)43)61-50(69)34(2)59-53(72)47(30-40-33-57-44-22-12-10-20-42(40)44)62-54(73)65(27-16-15-26-64)63-51(70)35(3)58-36(4)66/h5-12,17-22,32-35,38,45-47,56-57H,1,13-14,23-31H2,2-4H3,(H2,55,68)(H,58,66)(H,59,72)(H,60,71)(H,61,69)(H,62,73)(H,63,70)/t34-,35-,38-,45-,46-,47+/m0/s1. The Hall–Kier alpha value is -8.24. The van der Waals surface area contributed by atoms with Crippen molar-refractivity contribution in [2.45, 2.75) is 95.9 Å². The number of carbonyl (C=O) groups is 8. The van der Waals surface area contributed by atoms with Crippen molar-refractivity contribution in [2.75, 3.05) is 26.2 Å². The van der Waals surface area contributed by atoms with Gasteiger partial charge in [-0.2, -0.15) is 0 Å². The van der Waals surface area contributed by atoms with E-state index < -0.39 is 83.4 Å². The molecule has 5 aromatic rings. The van der Waals surface area contributed by atoms with E-state index in [4.69, 9.17) is 5.73 Å². The summed E-state index contributed by atoms with van der Waals surface area (Å²) in [6, 6.07) is 17.2. The fourth-order valence-corrected chi connectivity index (χ4v) is 8.68. The van der Waals surface area contributed by atoms with Gasteiger partial charge in [-0.3, -0.25) is 43.9 Å². The molecule has 1 aliphatic heterocycles. The Balaban J connectivity index is 1.36. The Morgan fingerprint density at radius 2 is 1.38 bits per heavy atom. The van der Waals surface area contributed by atoms with Gasteiger partial charge in [-0.1, -0.05) is 84.6 Å². The smallest absolute Gasteiger partial charge is 0.337 e. The number of hydrazine groups is 1. The number of carbonyl (C=O) groups excluding carboxylic acids is 8. The third-order valence-corrected chi connectivity index (χ3v) is 12.6. The highest BCUT2D eigenvalue weighted by atomic mass is 16.2. The van der Waals surface area contributed by atoms with Gasteiger partial charge >= 0.3 is 6.03 Å². The average Bonchev–Trinajstić information content (AvgIpc) is 3.98. The lowest BCUT2D eigenvalue weighted by molar-refractivity contribution is -0.134. The average molecular weight is 996 g/mol. The molecule has 1 aliphatic rings. The second kappa shape index (κ2) is 26.3. The number of Topliss-reactive ketones (excluding diaryl/α,β-unsaturated/α-hetero) is 1. The molecule has 19 heteroatoms. The van der Waals surface area contributed by atoms with Crippen LogP contribution in [-0.4, -0.2) is 124 Å². The number of urea groups is 1. The Morgan fingerprint density at radius 1 is 0.767 bits per heavy atom. The summed E-state index contributed by atoms with van der Waals surface area (Å²) in [6.45, 7) is 8.81. The lowest BCUT2D eigenvalue weighted by Gasteiger charge is -2.27. The van der Waals surface area contributed by atoms with Gasteiger partial charge in [0, 0.05) is 72.8 Å². The number of amides is 8. The molecule has 0 bridgehead atoms. The van der Waals surface area contributed by atoms with Crippen molar-refractivity contribution >= 4 is 69.1 Å². The van der Waals surface area contributed by atoms with E-state index in [-0.39, 0.29) is 45.2 Å². The van der Waals surface area contributed by atoms with Crippen LogP contribution in [0.3, 0.4) is 0 Å². The molecule has 0 aliphatic carbocycles. The normalized spacial score (nSPS) is 20.9. The van der Waals surface area contributed by atoms with Crippen LogP contribution in [0.5, 0.6) is 0 Å². The number of benzene rings is 3. The number of primary amides is 1. The van der Waals surface area contributed by atoms with Crippen LogP contribution in [0.25, 0.3) is 21.8 Å². The van der Waals surface area contributed by atoms with E-state index in [0.717, 1.165) is 32.4 Å².